The number of imidazole rings is 1. The van der Waals surface area contributed by atoms with Gasteiger partial charge in [0.05, 0.1) is 23.3 Å². The molecule has 0 spiro atoms. The predicted molar refractivity (Wildman–Crippen MR) is 109 cm³/mol. The van der Waals surface area contributed by atoms with Crippen molar-refractivity contribution in [1.29, 1.82) is 0 Å². The van der Waals surface area contributed by atoms with Crippen LogP contribution in [-0.2, 0) is 11.3 Å². The molecule has 1 amide bonds. The normalized spacial score (nSPS) is 11.7. The number of halogens is 2. The van der Waals surface area contributed by atoms with Crippen LogP contribution in [0.4, 0.5) is 4.39 Å². The molecule has 0 saturated carbocycles. The lowest BCUT2D eigenvalue weighted by atomic mass is 10.1. The average Bonchev–Trinajstić information content (AvgIpc) is 2.92. The Bertz CT molecular complexity index is 961. The van der Waals surface area contributed by atoms with Crippen LogP contribution in [0.15, 0.2) is 47.6 Å². The number of nitrogens with zero attached hydrogens (tertiary/aromatic N) is 2. The van der Waals surface area contributed by atoms with Crippen LogP contribution >= 0.6 is 23.4 Å². The summed E-state index contributed by atoms with van der Waals surface area (Å²) in [6.07, 6.45) is 0. The van der Waals surface area contributed by atoms with Crippen molar-refractivity contribution in [3.05, 3.63) is 58.9 Å². The highest BCUT2D eigenvalue weighted by Crippen LogP contribution is 2.28. The number of nitrogens with one attached hydrogen (secondary N) is 1. The first-order valence-electron chi connectivity index (χ1n) is 8.56. The molecule has 0 aliphatic carbocycles. The molecule has 1 heterocycles. The molecular weight excluding hydrogens is 385 g/mol. The number of thioether (sulfide) groups is 1. The minimum atomic E-state index is -0.360. The zero-order valence-corrected chi connectivity index (χ0v) is 17.0. The predicted octanol–water partition coefficient (Wildman–Crippen LogP) is 4.88. The first kappa shape index (κ1) is 19.7. The van der Waals surface area contributed by atoms with Crippen LogP contribution in [-0.4, -0.2) is 26.8 Å². The van der Waals surface area contributed by atoms with E-state index in [4.69, 9.17) is 11.6 Å². The molecule has 7 heteroatoms. The summed E-state index contributed by atoms with van der Waals surface area (Å²) in [5.41, 5.74) is 1.78. The van der Waals surface area contributed by atoms with Gasteiger partial charge in [-0.1, -0.05) is 41.6 Å². The van der Waals surface area contributed by atoms with E-state index in [1.807, 2.05) is 49.6 Å². The molecule has 1 N–H and O–H groups in total. The molecule has 1 aromatic heterocycles. The second-order valence-electron chi connectivity index (χ2n) is 7.26. The number of fused-ring (bicyclic) bond motifs is 1. The number of aromatic nitrogens is 2. The van der Waals surface area contributed by atoms with Gasteiger partial charge in [0.2, 0.25) is 5.91 Å². The highest BCUT2D eigenvalue weighted by Gasteiger charge is 2.18. The number of hydrogen-bond donors (Lipinski definition) is 1. The molecule has 2 aromatic carbocycles. The van der Waals surface area contributed by atoms with Crippen molar-refractivity contribution in [3.8, 4) is 0 Å². The zero-order valence-electron chi connectivity index (χ0n) is 15.4. The van der Waals surface area contributed by atoms with E-state index in [-0.39, 0.29) is 29.6 Å². The number of carbonyl (C=O) groups excluding carboxylic acids is 1. The average molecular weight is 406 g/mol. The molecule has 0 aliphatic rings. The first-order valence-corrected chi connectivity index (χ1v) is 9.93. The van der Waals surface area contributed by atoms with Crippen LogP contribution in [0.1, 0.15) is 26.3 Å². The monoisotopic (exact) mass is 405 g/mol. The fourth-order valence-electron chi connectivity index (χ4n) is 2.74. The van der Waals surface area contributed by atoms with Crippen LogP contribution in [0.2, 0.25) is 5.02 Å². The summed E-state index contributed by atoms with van der Waals surface area (Å²) in [5, 5.41) is 3.95. The Labute approximate surface area is 167 Å². The quantitative estimate of drug-likeness (QED) is 0.615. The molecule has 27 heavy (non-hydrogen) atoms. The summed E-state index contributed by atoms with van der Waals surface area (Å²) < 4.78 is 16.2. The van der Waals surface area contributed by atoms with Gasteiger partial charge in [-0.25, -0.2) is 9.37 Å². The maximum absolute atomic E-state index is 14.3. The minimum Gasteiger partial charge on any atom is -0.351 e. The van der Waals surface area contributed by atoms with Gasteiger partial charge in [-0.15, -0.1) is 0 Å². The Balaban J connectivity index is 1.91. The van der Waals surface area contributed by atoms with Crippen molar-refractivity contribution in [2.45, 2.75) is 38.0 Å². The lowest BCUT2D eigenvalue weighted by Crippen LogP contribution is -2.41. The number of rotatable bonds is 5. The molecule has 0 saturated heterocycles. The number of para-hydroxylation sites is 2. The van der Waals surface area contributed by atoms with Crippen LogP contribution in [0.5, 0.6) is 0 Å². The van der Waals surface area contributed by atoms with Gasteiger partial charge >= 0.3 is 0 Å². The summed E-state index contributed by atoms with van der Waals surface area (Å²) >= 11 is 7.53. The second kappa shape index (κ2) is 7.90. The molecule has 0 fully saturated rings. The lowest BCUT2D eigenvalue weighted by Gasteiger charge is -2.20. The SMILES string of the molecule is CC(C)(C)NC(=O)CSc1nc2ccccc2n1Cc1c(F)cccc1Cl. The number of carbonyl (C=O) groups is 1. The molecular formula is C20H21ClFN3OS. The van der Waals surface area contributed by atoms with E-state index >= 15 is 0 Å². The van der Waals surface area contributed by atoms with Gasteiger partial charge in [0.15, 0.2) is 5.16 Å². The summed E-state index contributed by atoms with van der Waals surface area (Å²) in [4.78, 5) is 16.8. The van der Waals surface area contributed by atoms with Gasteiger partial charge in [0, 0.05) is 16.1 Å². The Hall–Kier alpha value is -2.05. The van der Waals surface area contributed by atoms with Crippen LogP contribution in [0, 0.1) is 5.82 Å². The van der Waals surface area contributed by atoms with Crippen molar-refractivity contribution >= 4 is 40.3 Å². The number of amides is 1. The summed E-state index contributed by atoms with van der Waals surface area (Å²) in [6.45, 7) is 6.05. The molecule has 4 nitrogen and oxygen atoms in total. The molecule has 0 radical (unpaired) electrons. The van der Waals surface area contributed by atoms with E-state index in [0.717, 1.165) is 11.0 Å². The first-order chi connectivity index (χ1) is 12.7. The second-order valence-corrected chi connectivity index (χ2v) is 8.61. The van der Waals surface area contributed by atoms with E-state index in [0.29, 0.717) is 15.7 Å². The Morgan fingerprint density at radius 2 is 1.96 bits per heavy atom. The van der Waals surface area contributed by atoms with E-state index in [2.05, 4.69) is 10.3 Å². The molecule has 0 bridgehead atoms. The van der Waals surface area contributed by atoms with Crippen LogP contribution in [0.25, 0.3) is 11.0 Å². The van der Waals surface area contributed by atoms with Gasteiger partial charge in [-0.05, 0) is 45.0 Å². The van der Waals surface area contributed by atoms with Crippen molar-refractivity contribution in [2.75, 3.05) is 5.75 Å². The molecule has 3 aromatic rings. The summed E-state index contributed by atoms with van der Waals surface area (Å²) in [7, 11) is 0. The number of benzene rings is 2. The zero-order chi connectivity index (χ0) is 19.6. The maximum atomic E-state index is 14.3. The van der Waals surface area contributed by atoms with Crippen molar-refractivity contribution in [1.82, 2.24) is 14.9 Å². The largest absolute Gasteiger partial charge is 0.351 e. The topological polar surface area (TPSA) is 46.9 Å². The van der Waals surface area contributed by atoms with Crippen LogP contribution < -0.4 is 5.32 Å². The van der Waals surface area contributed by atoms with E-state index in [1.165, 1.54) is 17.8 Å². The summed E-state index contributed by atoms with van der Waals surface area (Å²) in [6, 6.07) is 12.3. The number of hydrogen-bond acceptors (Lipinski definition) is 3. The molecule has 0 atom stereocenters. The van der Waals surface area contributed by atoms with Gasteiger partial charge in [-0.2, -0.15) is 0 Å². The summed E-state index contributed by atoms with van der Waals surface area (Å²) in [5.74, 6) is -0.206. The third-order valence-electron chi connectivity index (χ3n) is 3.84. The van der Waals surface area contributed by atoms with Crippen molar-refractivity contribution in [2.24, 2.45) is 0 Å². The van der Waals surface area contributed by atoms with Crippen LogP contribution in [0.3, 0.4) is 0 Å². The van der Waals surface area contributed by atoms with E-state index in [9.17, 15) is 9.18 Å². The third kappa shape index (κ3) is 4.82. The van der Waals surface area contributed by atoms with Gasteiger partial charge in [-0.3, -0.25) is 4.79 Å². The van der Waals surface area contributed by atoms with E-state index in [1.54, 1.807) is 12.1 Å². The third-order valence-corrected chi connectivity index (χ3v) is 5.17. The fraction of sp³-hybridized carbons (Fsp3) is 0.300. The minimum absolute atomic E-state index is 0.0740. The standard InChI is InChI=1S/C20H21ClFN3OS/c1-20(2,3)24-18(26)12-27-19-23-16-9-4-5-10-17(16)25(19)11-13-14(21)7-6-8-15(13)22/h4-10H,11-12H2,1-3H3,(H,24,26). The highest BCUT2D eigenvalue weighted by molar-refractivity contribution is 7.99. The van der Waals surface area contributed by atoms with Crippen molar-refractivity contribution in [3.63, 3.8) is 0 Å². The Kier molecular flexibility index (Phi) is 5.77. The Morgan fingerprint density at radius 1 is 1.22 bits per heavy atom. The molecule has 3 rings (SSSR count). The van der Waals surface area contributed by atoms with Crippen molar-refractivity contribution < 1.29 is 9.18 Å². The van der Waals surface area contributed by atoms with Gasteiger partial charge in [0.1, 0.15) is 5.82 Å². The van der Waals surface area contributed by atoms with E-state index < -0.39 is 0 Å². The lowest BCUT2D eigenvalue weighted by molar-refractivity contribution is -0.119. The fourth-order valence-corrected chi connectivity index (χ4v) is 3.78. The highest BCUT2D eigenvalue weighted by atomic mass is 35.5. The Morgan fingerprint density at radius 3 is 2.67 bits per heavy atom. The molecule has 0 aliphatic heterocycles. The van der Waals surface area contributed by atoms with Gasteiger partial charge in [0.25, 0.3) is 0 Å². The maximum Gasteiger partial charge on any atom is 0.230 e. The van der Waals surface area contributed by atoms with Gasteiger partial charge < -0.3 is 9.88 Å². The molecule has 142 valence electrons. The molecule has 0 unspecified atom stereocenters. The smallest absolute Gasteiger partial charge is 0.230 e.